The second-order valence-corrected chi connectivity index (χ2v) is 3.19. The van der Waals surface area contributed by atoms with Gasteiger partial charge in [-0.1, -0.05) is 0 Å². The fraction of sp³-hybridized carbons (Fsp3) is 0.143. The summed E-state index contributed by atoms with van der Waals surface area (Å²) in [5.74, 6) is -0.234. The topological polar surface area (TPSA) is 73.1 Å². The average molecular weight is 245 g/mol. The maximum Gasteiger partial charge on any atom is 0.288 e. The zero-order valence-corrected chi connectivity index (χ0v) is 8.24. The number of ketones is 1. The molecule has 0 aliphatic rings. The van der Waals surface area contributed by atoms with Gasteiger partial charge in [-0.25, -0.2) is 4.98 Å². The highest BCUT2D eigenvalue weighted by atomic mass is 79.9. The molecule has 68 valence electrons. The molecule has 0 aliphatic heterocycles. The number of halogens is 1. The third-order valence-electron chi connectivity index (χ3n) is 1.37. The molecule has 0 fully saturated rings. The Balaban J connectivity index is 3.20. The van der Waals surface area contributed by atoms with Crippen molar-refractivity contribution in [3.8, 4) is 0 Å². The summed E-state index contributed by atoms with van der Waals surface area (Å²) in [7, 11) is 0. The maximum absolute atomic E-state index is 10.9. The lowest BCUT2D eigenvalue weighted by atomic mass is 10.2. The van der Waals surface area contributed by atoms with Crippen LogP contribution in [-0.2, 0) is 0 Å². The molecule has 0 N–H and O–H groups in total. The zero-order chi connectivity index (χ0) is 10.0. The molecule has 0 unspecified atom stereocenters. The van der Waals surface area contributed by atoms with Crippen molar-refractivity contribution < 1.29 is 9.72 Å². The molecule has 0 spiro atoms. The van der Waals surface area contributed by atoms with Gasteiger partial charge in [0.1, 0.15) is 11.9 Å². The third kappa shape index (κ3) is 2.09. The number of hydrogen-bond donors (Lipinski definition) is 0. The van der Waals surface area contributed by atoms with E-state index in [4.69, 9.17) is 0 Å². The molecule has 1 aromatic rings. The summed E-state index contributed by atoms with van der Waals surface area (Å²) in [5.41, 5.74) is 0.0578. The summed E-state index contributed by atoms with van der Waals surface area (Å²) in [4.78, 5) is 24.3. The minimum atomic E-state index is -0.568. The fourth-order valence-electron chi connectivity index (χ4n) is 0.787. The summed E-state index contributed by atoms with van der Waals surface area (Å²) in [6.07, 6.45) is 1.06. The van der Waals surface area contributed by atoms with Gasteiger partial charge in [-0.15, -0.1) is 0 Å². The summed E-state index contributed by atoms with van der Waals surface area (Å²) >= 11 is 3.03. The molecule has 0 saturated carbocycles. The lowest BCUT2D eigenvalue weighted by molar-refractivity contribution is -0.385. The molecule has 13 heavy (non-hydrogen) atoms. The van der Waals surface area contributed by atoms with Crippen molar-refractivity contribution in [2.45, 2.75) is 6.92 Å². The molecule has 0 aromatic carbocycles. The van der Waals surface area contributed by atoms with Crippen molar-refractivity contribution in [1.82, 2.24) is 4.98 Å². The van der Waals surface area contributed by atoms with Crippen LogP contribution in [-0.4, -0.2) is 15.7 Å². The molecule has 6 heteroatoms. The van der Waals surface area contributed by atoms with Crippen LogP contribution >= 0.6 is 15.9 Å². The minimum absolute atomic E-state index is 0.142. The quantitative estimate of drug-likeness (QED) is 0.453. The lowest BCUT2D eigenvalue weighted by Crippen LogP contribution is -1.99. The molecule has 0 amide bonds. The van der Waals surface area contributed by atoms with Crippen molar-refractivity contribution in [3.63, 3.8) is 0 Å². The van der Waals surface area contributed by atoms with E-state index in [0.717, 1.165) is 6.20 Å². The Kier molecular flexibility index (Phi) is 2.72. The van der Waals surface area contributed by atoms with Gasteiger partial charge >= 0.3 is 0 Å². The van der Waals surface area contributed by atoms with Crippen LogP contribution in [0.15, 0.2) is 16.7 Å². The molecular formula is C7H5BrN2O3. The normalized spacial score (nSPS) is 9.69. The van der Waals surface area contributed by atoms with E-state index in [1.807, 2.05) is 0 Å². The van der Waals surface area contributed by atoms with Gasteiger partial charge in [0.25, 0.3) is 5.69 Å². The number of pyridine rings is 1. The molecule has 0 atom stereocenters. The van der Waals surface area contributed by atoms with E-state index in [0.29, 0.717) is 4.47 Å². The van der Waals surface area contributed by atoms with Crippen LogP contribution in [0.4, 0.5) is 5.69 Å². The predicted molar refractivity (Wildman–Crippen MR) is 48.6 cm³/mol. The van der Waals surface area contributed by atoms with E-state index < -0.39 is 4.92 Å². The summed E-state index contributed by atoms with van der Waals surface area (Å²) < 4.78 is 0.342. The average Bonchev–Trinajstić information content (AvgIpc) is 2.03. The smallest absolute Gasteiger partial charge is 0.288 e. The first-order valence-electron chi connectivity index (χ1n) is 3.33. The van der Waals surface area contributed by atoms with Crippen molar-refractivity contribution in [2.24, 2.45) is 0 Å². The van der Waals surface area contributed by atoms with E-state index in [1.54, 1.807) is 0 Å². The number of Topliss-reactive ketones (excluding diaryl/α,β-unsaturated/α-hetero) is 1. The van der Waals surface area contributed by atoms with Crippen LogP contribution in [0.1, 0.15) is 17.4 Å². The zero-order valence-electron chi connectivity index (χ0n) is 6.65. The Bertz CT molecular complexity index is 378. The lowest BCUT2D eigenvalue weighted by Gasteiger charge is -1.97. The molecule has 0 saturated heterocycles. The van der Waals surface area contributed by atoms with Gasteiger partial charge in [0.2, 0.25) is 0 Å². The maximum atomic E-state index is 10.9. The van der Waals surface area contributed by atoms with Gasteiger partial charge in [-0.3, -0.25) is 14.9 Å². The minimum Gasteiger partial charge on any atom is -0.293 e. The van der Waals surface area contributed by atoms with Crippen molar-refractivity contribution in [1.29, 1.82) is 0 Å². The van der Waals surface area contributed by atoms with Crippen molar-refractivity contribution >= 4 is 27.4 Å². The van der Waals surface area contributed by atoms with E-state index >= 15 is 0 Å². The number of rotatable bonds is 2. The molecule has 1 heterocycles. The first-order valence-corrected chi connectivity index (χ1v) is 4.12. The number of carbonyl (C=O) groups is 1. The number of nitro groups is 1. The molecule has 1 aromatic heterocycles. The highest BCUT2D eigenvalue weighted by Crippen LogP contribution is 2.20. The first-order chi connectivity index (χ1) is 6.02. The van der Waals surface area contributed by atoms with Crippen molar-refractivity contribution in [3.05, 3.63) is 32.5 Å². The van der Waals surface area contributed by atoms with Crippen molar-refractivity contribution in [2.75, 3.05) is 0 Å². The monoisotopic (exact) mass is 244 g/mol. The van der Waals surface area contributed by atoms with Gasteiger partial charge < -0.3 is 0 Å². The Morgan fingerprint density at radius 3 is 2.69 bits per heavy atom. The third-order valence-corrected chi connectivity index (χ3v) is 1.98. The molecule has 5 nitrogen and oxygen atoms in total. The molecule has 0 aliphatic carbocycles. The van der Waals surface area contributed by atoms with Crippen LogP contribution in [0, 0.1) is 10.1 Å². The Morgan fingerprint density at radius 1 is 1.69 bits per heavy atom. The van der Waals surface area contributed by atoms with E-state index in [1.165, 1.54) is 13.0 Å². The predicted octanol–water partition coefficient (Wildman–Crippen LogP) is 1.95. The highest BCUT2D eigenvalue weighted by Gasteiger charge is 2.12. The summed E-state index contributed by atoms with van der Waals surface area (Å²) in [6.45, 7) is 1.35. The molecule has 0 radical (unpaired) electrons. The van der Waals surface area contributed by atoms with Gasteiger partial charge in [-0.2, -0.15) is 0 Å². The number of aromatic nitrogens is 1. The largest absolute Gasteiger partial charge is 0.293 e. The van der Waals surface area contributed by atoms with E-state index in [9.17, 15) is 14.9 Å². The van der Waals surface area contributed by atoms with Gasteiger partial charge in [0, 0.05) is 13.0 Å². The van der Waals surface area contributed by atoms with Crippen LogP contribution in [0.3, 0.4) is 0 Å². The molecular weight excluding hydrogens is 240 g/mol. The number of carbonyl (C=O) groups excluding carboxylic acids is 1. The van der Waals surface area contributed by atoms with Gasteiger partial charge in [-0.05, 0) is 15.9 Å². The Hall–Kier alpha value is -1.30. The molecule has 1 rings (SSSR count). The van der Waals surface area contributed by atoms with Gasteiger partial charge in [0.15, 0.2) is 5.78 Å². The summed E-state index contributed by atoms with van der Waals surface area (Å²) in [5, 5.41) is 10.3. The standard InChI is InChI=1S/C7H5BrN2O3/c1-4(11)7-6(8)2-5(3-9-7)10(12)13/h2-3H,1H3. The highest BCUT2D eigenvalue weighted by molar-refractivity contribution is 9.10. The fourth-order valence-corrected chi connectivity index (χ4v) is 1.40. The molecule has 0 bridgehead atoms. The van der Waals surface area contributed by atoms with Crippen LogP contribution < -0.4 is 0 Å². The Labute approximate surface area is 82.1 Å². The van der Waals surface area contributed by atoms with E-state index in [2.05, 4.69) is 20.9 Å². The first kappa shape index (κ1) is 9.79. The summed E-state index contributed by atoms with van der Waals surface area (Å²) in [6, 6.07) is 1.25. The van der Waals surface area contributed by atoms with Crippen LogP contribution in [0.2, 0.25) is 0 Å². The number of hydrogen-bond acceptors (Lipinski definition) is 4. The second-order valence-electron chi connectivity index (χ2n) is 2.34. The second kappa shape index (κ2) is 3.61. The van der Waals surface area contributed by atoms with Gasteiger partial charge in [0.05, 0.1) is 9.40 Å². The Morgan fingerprint density at radius 2 is 2.31 bits per heavy atom. The van der Waals surface area contributed by atoms with E-state index in [-0.39, 0.29) is 17.2 Å². The SMILES string of the molecule is CC(=O)c1ncc([N+](=O)[O-])cc1Br. The van der Waals surface area contributed by atoms with Crippen LogP contribution in [0.25, 0.3) is 0 Å². The number of nitrogens with zero attached hydrogens (tertiary/aromatic N) is 2. The van der Waals surface area contributed by atoms with Crippen LogP contribution in [0.5, 0.6) is 0 Å².